The number of hydrogen-bond donors (Lipinski definition) is 0. The van der Waals surface area contributed by atoms with E-state index in [2.05, 4.69) is 27.9 Å². The molecule has 5 nitrogen and oxygen atoms in total. The van der Waals surface area contributed by atoms with Gasteiger partial charge in [0.25, 0.3) is 0 Å². The summed E-state index contributed by atoms with van der Waals surface area (Å²) in [7, 11) is 2.17. The van der Waals surface area contributed by atoms with Gasteiger partial charge < -0.3 is 14.7 Å². The van der Waals surface area contributed by atoms with Crippen LogP contribution >= 0.6 is 0 Å². The molecule has 0 saturated carbocycles. The van der Waals surface area contributed by atoms with E-state index in [1.165, 1.54) is 11.3 Å². The molecule has 1 aromatic rings. The quantitative estimate of drug-likeness (QED) is 0.737. The summed E-state index contributed by atoms with van der Waals surface area (Å²) in [6.45, 7) is 6.00. The van der Waals surface area contributed by atoms with Gasteiger partial charge in [0.05, 0.1) is 0 Å². The third-order valence-electron chi connectivity index (χ3n) is 4.17. The SMILES string of the molecule is CN1CCN(c2ccncc2C2CN(C=O)C2)CC1. The number of piperazine rings is 1. The molecular weight excluding hydrogens is 240 g/mol. The summed E-state index contributed by atoms with van der Waals surface area (Å²) in [5, 5.41) is 0. The van der Waals surface area contributed by atoms with Gasteiger partial charge in [-0.25, -0.2) is 0 Å². The predicted molar refractivity (Wildman–Crippen MR) is 74.3 cm³/mol. The second-order valence-corrected chi connectivity index (χ2v) is 5.48. The Morgan fingerprint density at radius 2 is 2.00 bits per heavy atom. The Morgan fingerprint density at radius 1 is 1.26 bits per heavy atom. The minimum Gasteiger partial charge on any atom is -0.369 e. The van der Waals surface area contributed by atoms with Crippen LogP contribution in [0.15, 0.2) is 18.5 Å². The van der Waals surface area contributed by atoms with Gasteiger partial charge in [-0.2, -0.15) is 0 Å². The highest BCUT2D eigenvalue weighted by Gasteiger charge is 2.30. The fourth-order valence-electron chi connectivity index (χ4n) is 2.84. The van der Waals surface area contributed by atoms with E-state index in [9.17, 15) is 4.79 Å². The molecule has 2 aliphatic heterocycles. The molecule has 2 fully saturated rings. The summed E-state index contributed by atoms with van der Waals surface area (Å²) in [6.07, 6.45) is 4.77. The van der Waals surface area contributed by atoms with Crippen LogP contribution in [-0.2, 0) is 4.79 Å². The molecule has 3 heterocycles. The molecule has 1 amide bonds. The van der Waals surface area contributed by atoms with Crippen molar-refractivity contribution >= 4 is 12.1 Å². The zero-order valence-corrected chi connectivity index (χ0v) is 11.3. The minimum atomic E-state index is 0.452. The van der Waals surface area contributed by atoms with Crippen LogP contribution in [0, 0.1) is 0 Å². The summed E-state index contributed by atoms with van der Waals surface area (Å²) < 4.78 is 0. The highest BCUT2D eigenvalue weighted by atomic mass is 16.1. The van der Waals surface area contributed by atoms with E-state index in [0.29, 0.717) is 5.92 Å². The first-order valence-corrected chi connectivity index (χ1v) is 6.84. The third-order valence-corrected chi connectivity index (χ3v) is 4.17. The Hall–Kier alpha value is -1.62. The lowest BCUT2D eigenvalue weighted by molar-refractivity contribution is -0.122. The molecule has 19 heavy (non-hydrogen) atoms. The Morgan fingerprint density at radius 3 is 2.68 bits per heavy atom. The van der Waals surface area contributed by atoms with E-state index in [-0.39, 0.29) is 0 Å². The van der Waals surface area contributed by atoms with Crippen LogP contribution in [-0.4, -0.2) is 67.5 Å². The van der Waals surface area contributed by atoms with Crippen molar-refractivity contribution in [3.05, 3.63) is 24.0 Å². The Labute approximate surface area is 113 Å². The lowest BCUT2D eigenvalue weighted by Crippen LogP contribution is -2.47. The highest BCUT2D eigenvalue weighted by molar-refractivity contribution is 5.57. The van der Waals surface area contributed by atoms with Crippen LogP contribution in [0.1, 0.15) is 11.5 Å². The number of carbonyl (C=O) groups is 1. The highest BCUT2D eigenvalue weighted by Crippen LogP contribution is 2.33. The van der Waals surface area contributed by atoms with Crippen molar-refractivity contribution in [3.63, 3.8) is 0 Å². The molecule has 2 aliphatic rings. The molecular formula is C14H20N4O. The van der Waals surface area contributed by atoms with E-state index in [1.807, 2.05) is 17.3 Å². The molecule has 1 aromatic heterocycles. The van der Waals surface area contributed by atoms with Crippen LogP contribution < -0.4 is 4.90 Å². The second-order valence-electron chi connectivity index (χ2n) is 5.48. The van der Waals surface area contributed by atoms with E-state index in [4.69, 9.17) is 0 Å². The maximum Gasteiger partial charge on any atom is 0.209 e. The molecule has 0 aliphatic carbocycles. The number of pyridine rings is 1. The monoisotopic (exact) mass is 260 g/mol. The number of aromatic nitrogens is 1. The smallest absolute Gasteiger partial charge is 0.209 e. The van der Waals surface area contributed by atoms with E-state index in [1.54, 1.807) is 0 Å². The van der Waals surface area contributed by atoms with Crippen molar-refractivity contribution in [2.75, 3.05) is 51.2 Å². The molecule has 0 N–H and O–H groups in total. The summed E-state index contributed by atoms with van der Waals surface area (Å²) >= 11 is 0. The molecule has 102 valence electrons. The van der Waals surface area contributed by atoms with Gasteiger partial charge in [0, 0.05) is 68.8 Å². The largest absolute Gasteiger partial charge is 0.369 e. The fourth-order valence-corrected chi connectivity index (χ4v) is 2.84. The van der Waals surface area contributed by atoms with Gasteiger partial charge in [0.15, 0.2) is 0 Å². The Bertz CT molecular complexity index is 451. The van der Waals surface area contributed by atoms with Gasteiger partial charge in [0.2, 0.25) is 6.41 Å². The average molecular weight is 260 g/mol. The zero-order valence-electron chi connectivity index (χ0n) is 11.3. The number of carbonyl (C=O) groups excluding carboxylic acids is 1. The van der Waals surface area contributed by atoms with Crippen molar-refractivity contribution in [2.45, 2.75) is 5.92 Å². The van der Waals surface area contributed by atoms with E-state index < -0.39 is 0 Å². The van der Waals surface area contributed by atoms with Crippen LogP contribution in [0.4, 0.5) is 5.69 Å². The van der Waals surface area contributed by atoms with Gasteiger partial charge in [-0.05, 0) is 13.1 Å². The van der Waals surface area contributed by atoms with Crippen molar-refractivity contribution < 1.29 is 4.79 Å². The molecule has 2 saturated heterocycles. The number of likely N-dealkylation sites (N-methyl/N-ethyl adjacent to an activating group) is 1. The van der Waals surface area contributed by atoms with Crippen LogP contribution in [0.25, 0.3) is 0 Å². The second kappa shape index (κ2) is 5.17. The molecule has 3 rings (SSSR count). The number of amides is 1. The van der Waals surface area contributed by atoms with E-state index >= 15 is 0 Å². The number of nitrogens with zero attached hydrogens (tertiary/aromatic N) is 4. The number of hydrogen-bond acceptors (Lipinski definition) is 4. The molecule has 0 unspecified atom stereocenters. The van der Waals surface area contributed by atoms with Crippen molar-refractivity contribution in [1.82, 2.24) is 14.8 Å². The Kier molecular flexibility index (Phi) is 3.38. The average Bonchev–Trinajstić information content (AvgIpc) is 2.39. The topological polar surface area (TPSA) is 39.7 Å². The molecule has 0 spiro atoms. The van der Waals surface area contributed by atoms with E-state index in [0.717, 1.165) is 45.7 Å². The molecule has 0 bridgehead atoms. The first kappa shape index (κ1) is 12.4. The number of likely N-dealkylation sites (tertiary alicyclic amines) is 1. The first-order chi connectivity index (χ1) is 9.28. The lowest BCUT2D eigenvalue weighted by atomic mass is 9.91. The van der Waals surface area contributed by atoms with Crippen LogP contribution in [0.5, 0.6) is 0 Å². The third kappa shape index (κ3) is 2.42. The molecule has 0 atom stereocenters. The molecule has 5 heteroatoms. The van der Waals surface area contributed by atoms with Crippen LogP contribution in [0.2, 0.25) is 0 Å². The summed E-state index contributed by atoms with van der Waals surface area (Å²) in [5.74, 6) is 0.452. The van der Waals surface area contributed by atoms with Gasteiger partial charge >= 0.3 is 0 Å². The normalized spacial score (nSPS) is 21.3. The standard InChI is InChI=1S/C14H20N4O/c1-16-4-6-18(7-5-16)14-2-3-15-8-13(14)12-9-17(10-12)11-19/h2-3,8,11-12H,4-7,9-10H2,1H3. The number of rotatable bonds is 3. The Balaban J connectivity index is 1.76. The fraction of sp³-hybridized carbons (Fsp3) is 0.571. The maximum absolute atomic E-state index is 10.7. The summed E-state index contributed by atoms with van der Waals surface area (Å²) in [6, 6.07) is 2.12. The minimum absolute atomic E-state index is 0.452. The first-order valence-electron chi connectivity index (χ1n) is 6.84. The molecule has 0 radical (unpaired) electrons. The molecule has 0 aromatic carbocycles. The van der Waals surface area contributed by atoms with Gasteiger partial charge in [-0.1, -0.05) is 0 Å². The predicted octanol–water partition coefficient (Wildman–Crippen LogP) is 0.389. The number of anilines is 1. The van der Waals surface area contributed by atoms with Crippen molar-refractivity contribution in [3.8, 4) is 0 Å². The maximum atomic E-state index is 10.7. The van der Waals surface area contributed by atoms with Crippen molar-refractivity contribution in [2.24, 2.45) is 0 Å². The summed E-state index contributed by atoms with van der Waals surface area (Å²) in [5.41, 5.74) is 2.60. The lowest BCUT2D eigenvalue weighted by Gasteiger charge is -2.40. The van der Waals surface area contributed by atoms with Gasteiger partial charge in [-0.3, -0.25) is 9.78 Å². The van der Waals surface area contributed by atoms with Crippen LogP contribution in [0.3, 0.4) is 0 Å². The van der Waals surface area contributed by atoms with Gasteiger partial charge in [-0.15, -0.1) is 0 Å². The van der Waals surface area contributed by atoms with Crippen molar-refractivity contribution in [1.29, 1.82) is 0 Å². The summed E-state index contributed by atoms with van der Waals surface area (Å²) in [4.78, 5) is 21.6. The van der Waals surface area contributed by atoms with Gasteiger partial charge in [0.1, 0.15) is 0 Å². The zero-order chi connectivity index (χ0) is 13.2.